The van der Waals surface area contributed by atoms with Crippen LogP contribution in [0.15, 0.2) is 24.3 Å². The summed E-state index contributed by atoms with van der Waals surface area (Å²) in [4.78, 5) is 27.1. The molecule has 5 heteroatoms. The fourth-order valence-electron chi connectivity index (χ4n) is 2.88. The Morgan fingerprint density at radius 1 is 1.00 bits per heavy atom. The Kier molecular flexibility index (Phi) is 6.44. The number of primary amides is 1. The molecule has 1 fully saturated rings. The van der Waals surface area contributed by atoms with Crippen molar-refractivity contribution in [2.24, 2.45) is 5.73 Å². The zero-order chi connectivity index (χ0) is 16.7. The van der Waals surface area contributed by atoms with Crippen LogP contribution in [0.1, 0.15) is 37.3 Å². The van der Waals surface area contributed by atoms with E-state index in [2.05, 4.69) is 31.2 Å². The first-order chi connectivity index (χ1) is 11.1. The number of nitrogens with zero attached hydrogens (tertiary/aromatic N) is 2. The van der Waals surface area contributed by atoms with Crippen LogP contribution in [-0.4, -0.2) is 47.9 Å². The number of rotatable bonds is 5. The van der Waals surface area contributed by atoms with E-state index >= 15 is 0 Å². The predicted octanol–water partition coefficient (Wildman–Crippen LogP) is 2.18. The van der Waals surface area contributed by atoms with Gasteiger partial charge in [-0.1, -0.05) is 37.6 Å². The summed E-state index contributed by atoms with van der Waals surface area (Å²) in [5.41, 5.74) is 7.69. The minimum absolute atomic E-state index is 0.123. The van der Waals surface area contributed by atoms with Gasteiger partial charge in [-0.2, -0.15) is 0 Å². The number of nitrogens with two attached hydrogens (primary N) is 1. The van der Waals surface area contributed by atoms with Gasteiger partial charge in [0.25, 0.3) is 0 Å². The standard InChI is InChI=1S/C18H27N3O2/c1-2-3-5-15-6-8-16(9-7-15)14-17(22)20-10-4-11-21(13-12-20)18(19)23/h6-9H,2-5,10-14H2,1H3,(H2,19,23). The summed E-state index contributed by atoms with van der Waals surface area (Å²) >= 11 is 0. The van der Waals surface area contributed by atoms with Gasteiger partial charge in [-0.15, -0.1) is 0 Å². The third-order valence-electron chi connectivity index (χ3n) is 4.36. The Bertz CT molecular complexity index is 528. The van der Waals surface area contributed by atoms with Gasteiger partial charge < -0.3 is 15.5 Å². The molecule has 0 radical (unpaired) electrons. The summed E-state index contributed by atoms with van der Waals surface area (Å²) in [6, 6.07) is 7.94. The van der Waals surface area contributed by atoms with Crippen molar-refractivity contribution >= 4 is 11.9 Å². The number of aryl methyl sites for hydroxylation is 1. The van der Waals surface area contributed by atoms with Crippen LogP contribution in [-0.2, 0) is 17.6 Å². The van der Waals surface area contributed by atoms with Crippen LogP contribution in [0.4, 0.5) is 4.79 Å². The lowest BCUT2D eigenvalue weighted by Gasteiger charge is -2.21. The van der Waals surface area contributed by atoms with Crippen molar-refractivity contribution in [3.63, 3.8) is 0 Å². The Morgan fingerprint density at radius 2 is 1.61 bits per heavy atom. The zero-order valence-electron chi connectivity index (χ0n) is 14.0. The molecule has 0 spiro atoms. The molecule has 2 rings (SSSR count). The molecule has 2 N–H and O–H groups in total. The van der Waals surface area contributed by atoms with E-state index in [1.807, 2.05) is 4.90 Å². The third-order valence-corrected chi connectivity index (χ3v) is 4.36. The molecule has 1 aliphatic rings. The SMILES string of the molecule is CCCCc1ccc(CC(=O)N2CCCN(C(N)=O)CC2)cc1. The molecule has 0 saturated carbocycles. The Labute approximate surface area is 138 Å². The monoisotopic (exact) mass is 317 g/mol. The van der Waals surface area contributed by atoms with Gasteiger partial charge in [0.2, 0.25) is 5.91 Å². The van der Waals surface area contributed by atoms with Crippen LogP contribution in [0.2, 0.25) is 0 Å². The van der Waals surface area contributed by atoms with Gasteiger partial charge in [0.1, 0.15) is 0 Å². The number of hydrogen-bond donors (Lipinski definition) is 1. The Morgan fingerprint density at radius 3 is 2.26 bits per heavy atom. The number of amides is 3. The lowest BCUT2D eigenvalue weighted by atomic mass is 10.0. The first-order valence-electron chi connectivity index (χ1n) is 8.50. The van der Waals surface area contributed by atoms with E-state index in [9.17, 15) is 9.59 Å². The highest BCUT2D eigenvalue weighted by Crippen LogP contribution is 2.11. The average Bonchev–Trinajstić information content (AvgIpc) is 2.80. The van der Waals surface area contributed by atoms with E-state index in [-0.39, 0.29) is 5.91 Å². The number of urea groups is 1. The van der Waals surface area contributed by atoms with Gasteiger partial charge in [-0.3, -0.25) is 4.79 Å². The van der Waals surface area contributed by atoms with Crippen LogP contribution in [0.3, 0.4) is 0 Å². The molecule has 3 amide bonds. The minimum atomic E-state index is -0.401. The zero-order valence-corrected chi connectivity index (χ0v) is 14.0. The highest BCUT2D eigenvalue weighted by molar-refractivity contribution is 5.79. The van der Waals surface area contributed by atoms with Crippen LogP contribution < -0.4 is 5.73 Å². The Hall–Kier alpha value is -2.04. The maximum Gasteiger partial charge on any atom is 0.314 e. The number of carbonyl (C=O) groups excluding carboxylic acids is 2. The van der Waals surface area contributed by atoms with Crippen molar-refractivity contribution < 1.29 is 9.59 Å². The molecule has 1 aromatic carbocycles. The summed E-state index contributed by atoms with van der Waals surface area (Å²) < 4.78 is 0. The van der Waals surface area contributed by atoms with Crippen molar-refractivity contribution in [3.8, 4) is 0 Å². The fraction of sp³-hybridized carbons (Fsp3) is 0.556. The number of unbranched alkanes of at least 4 members (excludes halogenated alkanes) is 1. The van der Waals surface area contributed by atoms with Crippen molar-refractivity contribution in [1.82, 2.24) is 9.80 Å². The summed E-state index contributed by atoms with van der Waals surface area (Å²) in [6.07, 6.45) is 4.69. The quantitative estimate of drug-likeness (QED) is 0.904. The van der Waals surface area contributed by atoms with Gasteiger partial charge >= 0.3 is 6.03 Å². The van der Waals surface area contributed by atoms with Crippen LogP contribution in [0, 0.1) is 0 Å². The van der Waals surface area contributed by atoms with Crippen LogP contribution in [0.25, 0.3) is 0 Å². The topological polar surface area (TPSA) is 66.6 Å². The average molecular weight is 317 g/mol. The van der Waals surface area contributed by atoms with Crippen molar-refractivity contribution in [3.05, 3.63) is 35.4 Å². The number of hydrogen-bond acceptors (Lipinski definition) is 2. The molecular weight excluding hydrogens is 290 g/mol. The molecule has 23 heavy (non-hydrogen) atoms. The van der Waals surface area contributed by atoms with E-state index in [0.717, 1.165) is 18.4 Å². The van der Waals surface area contributed by atoms with Crippen LogP contribution in [0.5, 0.6) is 0 Å². The predicted molar refractivity (Wildman–Crippen MR) is 91.1 cm³/mol. The molecule has 1 aromatic rings. The van der Waals surface area contributed by atoms with Gasteiger partial charge in [0.05, 0.1) is 6.42 Å². The number of benzene rings is 1. The number of carbonyl (C=O) groups is 2. The first kappa shape index (κ1) is 17.3. The first-order valence-corrected chi connectivity index (χ1v) is 8.50. The lowest BCUT2D eigenvalue weighted by molar-refractivity contribution is -0.130. The van der Waals surface area contributed by atoms with Gasteiger partial charge in [0.15, 0.2) is 0 Å². The largest absolute Gasteiger partial charge is 0.351 e. The van der Waals surface area contributed by atoms with E-state index in [0.29, 0.717) is 32.6 Å². The third kappa shape index (κ3) is 5.27. The van der Waals surface area contributed by atoms with Gasteiger partial charge in [-0.05, 0) is 30.4 Å². The van der Waals surface area contributed by atoms with E-state index < -0.39 is 6.03 Å². The second-order valence-corrected chi connectivity index (χ2v) is 6.16. The van der Waals surface area contributed by atoms with Gasteiger partial charge in [-0.25, -0.2) is 4.79 Å². The molecule has 1 heterocycles. The molecule has 0 atom stereocenters. The summed E-state index contributed by atoms with van der Waals surface area (Å²) in [7, 11) is 0. The molecule has 5 nitrogen and oxygen atoms in total. The van der Waals surface area contributed by atoms with Crippen molar-refractivity contribution in [2.75, 3.05) is 26.2 Å². The maximum absolute atomic E-state index is 12.4. The molecule has 0 unspecified atom stereocenters. The lowest BCUT2D eigenvalue weighted by Crippen LogP contribution is -2.40. The molecule has 0 aliphatic carbocycles. The molecule has 0 bridgehead atoms. The van der Waals surface area contributed by atoms with Crippen LogP contribution >= 0.6 is 0 Å². The second-order valence-electron chi connectivity index (χ2n) is 6.16. The highest BCUT2D eigenvalue weighted by Gasteiger charge is 2.20. The fourth-order valence-corrected chi connectivity index (χ4v) is 2.88. The van der Waals surface area contributed by atoms with Crippen molar-refractivity contribution in [2.45, 2.75) is 39.0 Å². The summed E-state index contributed by atoms with van der Waals surface area (Å²) in [5, 5.41) is 0. The van der Waals surface area contributed by atoms with E-state index in [4.69, 9.17) is 5.73 Å². The van der Waals surface area contributed by atoms with E-state index in [1.165, 1.54) is 18.4 Å². The molecule has 0 aromatic heterocycles. The second kappa shape index (κ2) is 8.56. The van der Waals surface area contributed by atoms with Gasteiger partial charge in [0, 0.05) is 26.2 Å². The smallest absolute Gasteiger partial charge is 0.314 e. The Balaban J connectivity index is 1.87. The molecular formula is C18H27N3O2. The molecule has 1 saturated heterocycles. The summed E-state index contributed by atoms with van der Waals surface area (Å²) in [5.74, 6) is 0.123. The molecule has 1 aliphatic heterocycles. The normalized spacial score (nSPS) is 15.3. The summed E-state index contributed by atoms with van der Waals surface area (Å²) in [6.45, 7) is 4.60. The minimum Gasteiger partial charge on any atom is -0.351 e. The van der Waals surface area contributed by atoms with E-state index in [1.54, 1.807) is 4.90 Å². The molecule has 126 valence electrons. The maximum atomic E-state index is 12.4. The van der Waals surface area contributed by atoms with Crippen molar-refractivity contribution in [1.29, 1.82) is 0 Å². The highest BCUT2D eigenvalue weighted by atomic mass is 16.2.